The lowest BCUT2D eigenvalue weighted by Crippen LogP contribution is -2.14. The van der Waals surface area contributed by atoms with E-state index in [2.05, 4.69) is 23.6 Å². The molecule has 0 saturated heterocycles. The molecule has 3 heteroatoms. The second-order valence-electron chi connectivity index (χ2n) is 5.23. The molecule has 1 heterocycles. The Hall–Kier alpha value is -0.990. The van der Waals surface area contributed by atoms with Crippen LogP contribution >= 0.6 is 0 Å². The fourth-order valence-corrected chi connectivity index (χ4v) is 2.78. The maximum Gasteiger partial charge on any atom is 0.0735 e. The molecule has 1 aromatic heterocycles. The fourth-order valence-electron chi connectivity index (χ4n) is 2.78. The van der Waals surface area contributed by atoms with Crippen LogP contribution in [0.1, 0.15) is 70.0 Å². The van der Waals surface area contributed by atoms with E-state index in [-0.39, 0.29) is 0 Å². The van der Waals surface area contributed by atoms with E-state index in [1.54, 1.807) is 0 Å². The van der Waals surface area contributed by atoms with Crippen LogP contribution in [0.5, 0.6) is 0 Å². The van der Waals surface area contributed by atoms with E-state index in [0.717, 1.165) is 5.69 Å². The predicted molar refractivity (Wildman–Crippen MR) is 67.5 cm³/mol. The van der Waals surface area contributed by atoms with Crippen molar-refractivity contribution in [2.45, 2.75) is 64.3 Å². The van der Waals surface area contributed by atoms with Crippen LogP contribution in [0.15, 0.2) is 6.20 Å². The summed E-state index contributed by atoms with van der Waals surface area (Å²) in [6, 6.07) is 0.581. The normalized spacial score (nSPS) is 18.9. The zero-order valence-electron chi connectivity index (χ0n) is 10.4. The fraction of sp³-hybridized carbons (Fsp3) is 0.769. The van der Waals surface area contributed by atoms with Crippen molar-refractivity contribution in [1.29, 1.82) is 0 Å². The molecule has 1 aliphatic carbocycles. The van der Waals surface area contributed by atoms with Gasteiger partial charge in [0.15, 0.2) is 0 Å². The second kappa shape index (κ2) is 4.89. The van der Waals surface area contributed by atoms with E-state index in [9.17, 15) is 0 Å². The monoisotopic (exact) mass is 221 g/mol. The van der Waals surface area contributed by atoms with Gasteiger partial charge in [-0.25, -0.2) is 0 Å². The molecule has 0 radical (unpaired) electrons. The van der Waals surface area contributed by atoms with Crippen LogP contribution in [-0.4, -0.2) is 9.78 Å². The minimum Gasteiger partial charge on any atom is -0.396 e. The predicted octanol–water partition coefficient (Wildman–Crippen LogP) is 3.48. The molecule has 0 aromatic carbocycles. The van der Waals surface area contributed by atoms with Gasteiger partial charge in [0.05, 0.1) is 23.6 Å². The highest BCUT2D eigenvalue weighted by molar-refractivity contribution is 5.42. The first-order valence-electron chi connectivity index (χ1n) is 6.53. The highest BCUT2D eigenvalue weighted by atomic mass is 15.3. The SMILES string of the molecule is CC(C)c1c(N)cnn1C1CCCCCC1. The van der Waals surface area contributed by atoms with Gasteiger partial charge >= 0.3 is 0 Å². The average Bonchev–Trinajstić information content (AvgIpc) is 2.50. The lowest BCUT2D eigenvalue weighted by molar-refractivity contribution is 0.389. The molecular weight excluding hydrogens is 198 g/mol. The number of nitrogens with zero attached hydrogens (tertiary/aromatic N) is 2. The summed E-state index contributed by atoms with van der Waals surface area (Å²) in [6.45, 7) is 4.39. The van der Waals surface area contributed by atoms with Crippen LogP contribution in [0.2, 0.25) is 0 Å². The Balaban J connectivity index is 2.24. The molecule has 1 fully saturated rings. The number of rotatable bonds is 2. The van der Waals surface area contributed by atoms with Crippen LogP contribution in [0.4, 0.5) is 5.69 Å². The van der Waals surface area contributed by atoms with Crippen molar-refractivity contribution in [2.24, 2.45) is 0 Å². The van der Waals surface area contributed by atoms with Crippen molar-refractivity contribution in [2.75, 3.05) is 5.73 Å². The minimum atomic E-state index is 0.464. The lowest BCUT2D eigenvalue weighted by Gasteiger charge is -2.20. The molecular formula is C13H23N3. The smallest absolute Gasteiger partial charge is 0.0735 e. The maximum absolute atomic E-state index is 6.00. The van der Waals surface area contributed by atoms with Gasteiger partial charge in [-0.3, -0.25) is 4.68 Å². The molecule has 90 valence electrons. The number of nitrogens with two attached hydrogens (primary N) is 1. The Morgan fingerprint density at radius 3 is 2.44 bits per heavy atom. The number of hydrogen-bond acceptors (Lipinski definition) is 2. The van der Waals surface area contributed by atoms with Crippen LogP contribution in [0, 0.1) is 0 Å². The molecule has 0 amide bonds. The molecule has 0 atom stereocenters. The number of aromatic nitrogens is 2. The number of hydrogen-bond donors (Lipinski definition) is 1. The summed E-state index contributed by atoms with van der Waals surface area (Å²) >= 11 is 0. The summed E-state index contributed by atoms with van der Waals surface area (Å²) in [5, 5.41) is 4.49. The Bertz CT molecular complexity index is 333. The Labute approximate surface area is 98.0 Å². The van der Waals surface area contributed by atoms with Gasteiger partial charge in [-0.1, -0.05) is 39.5 Å². The summed E-state index contributed by atoms with van der Waals surface area (Å²) in [7, 11) is 0. The summed E-state index contributed by atoms with van der Waals surface area (Å²) in [4.78, 5) is 0. The zero-order chi connectivity index (χ0) is 11.5. The van der Waals surface area contributed by atoms with Crippen LogP contribution in [0.3, 0.4) is 0 Å². The second-order valence-corrected chi connectivity index (χ2v) is 5.23. The minimum absolute atomic E-state index is 0.464. The first-order chi connectivity index (χ1) is 7.70. The third kappa shape index (κ3) is 2.23. The van der Waals surface area contributed by atoms with Crippen molar-refractivity contribution in [3.8, 4) is 0 Å². The van der Waals surface area contributed by atoms with Gasteiger partial charge in [-0.15, -0.1) is 0 Å². The van der Waals surface area contributed by atoms with Crippen LogP contribution in [0.25, 0.3) is 0 Å². The molecule has 0 spiro atoms. The van der Waals surface area contributed by atoms with Gasteiger partial charge in [0.1, 0.15) is 0 Å². The lowest BCUT2D eigenvalue weighted by atomic mass is 10.1. The Morgan fingerprint density at radius 2 is 1.88 bits per heavy atom. The summed E-state index contributed by atoms with van der Waals surface area (Å²) in [6.07, 6.45) is 9.78. The molecule has 0 unspecified atom stereocenters. The van der Waals surface area contributed by atoms with Crippen molar-refractivity contribution in [1.82, 2.24) is 9.78 Å². The highest BCUT2D eigenvalue weighted by Crippen LogP contribution is 2.31. The zero-order valence-corrected chi connectivity index (χ0v) is 10.4. The number of anilines is 1. The first-order valence-corrected chi connectivity index (χ1v) is 6.53. The van der Waals surface area contributed by atoms with E-state index < -0.39 is 0 Å². The standard InChI is InChI=1S/C13H23N3/c1-10(2)13-12(14)9-15-16(13)11-7-5-3-4-6-8-11/h9-11H,3-8,14H2,1-2H3. The van der Waals surface area contributed by atoms with Crippen LogP contribution in [-0.2, 0) is 0 Å². The third-order valence-corrected chi connectivity index (χ3v) is 3.58. The number of nitrogen functional groups attached to an aromatic ring is 1. The topological polar surface area (TPSA) is 43.8 Å². The summed E-state index contributed by atoms with van der Waals surface area (Å²) in [5.41, 5.74) is 8.09. The van der Waals surface area contributed by atoms with Gasteiger partial charge in [0, 0.05) is 0 Å². The quantitative estimate of drug-likeness (QED) is 0.777. The van der Waals surface area contributed by atoms with E-state index in [0.29, 0.717) is 12.0 Å². The molecule has 0 bridgehead atoms. The van der Waals surface area contributed by atoms with E-state index in [1.807, 2.05) is 6.20 Å². The summed E-state index contributed by atoms with van der Waals surface area (Å²) in [5.74, 6) is 0.464. The average molecular weight is 221 g/mol. The molecule has 2 N–H and O–H groups in total. The van der Waals surface area contributed by atoms with E-state index >= 15 is 0 Å². The molecule has 1 aromatic rings. The Morgan fingerprint density at radius 1 is 1.25 bits per heavy atom. The maximum atomic E-state index is 6.00. The molecule has 16 heavy (non-hydrogen) atoms. The highest BCUT2D eigenvalue weighted by Gasteiger charge is 2.20. The molecule has 0 aliphatic heterocycles. The van der Waals surface area contributed by atoms with Crippen molar-refractivity contribution >= 4 is 5.69 Å². The van der Waals surface area contributed by atoms with Gasteiger partial charge in [-0.05, 0) is 18.8 Å². The molecule has 1 aliphatic rings. The van der Waals surface area contributed by atoms with Crippen molar-refractivity contribution in [3.63, 3.8) is 0 Å². The van der Waals surface area contributed by atoms with E-state index in [1.165, 1.54) is 44.2 Å². The van der Waals surface area contributed by atoms with Gasteiger partial charge < -0.3 is 5.73 Å². The molecule has 1 saturated carbocycles. The van der Waals surface area contributed by atoms with Crippen molar-refractivity contribution in [3.05, 3.63) is 11.9 Å². The largest absolute Gasteiger partial charge is 0.396 e. The molecule has 3 nitrogen and oxygen atoms in total. The Kier molecular flexibility index (Phi) is 3.52. The third-order valence-electron chi connectivity index (χ3n) is 3.58. The van der Waals surface area contributed by atoms with Gasteiger partial charge in [-0.2, -0.15) is 5.10 Å². The van der Waals surface area contributed by atoms with Crippen molar-refractivity contribution < 1.29 is 0 Å². The van der Waals surface area contributed by atoms with E-state index in [4.69, 9.17) is 5.73 Å². The first kappa shape index (κ1) is 11.5. The molecule has 2 rings (SSSR count). The van der Waals surface area contributed by atoms with Gasteiger partial charge in [0.2, 0.25) is 0 Å². The van der Waals surface area contributed by atoms with Crippen LogP contribution < -0.4 is 5.73 Å². The summed E-state index contributed by atoms with van der Waals surface area (Å²) < 4.78 is 2.20. The van der Waals surface area contributed by atoms with Gasteiger partial charge in [0.25, 0.3) is 0 Å².